The normalized spacial score (nSPS) is 10.8. The van der Waals surface area contributed by atoms with Gasteiger partial charge in [-0.3, -0.25) is 4.79 Å². The Labute approximate surface area is 108 Å². The number of aryl methyl sites for hydroxylation is 2. The molecule has 0 radical (unpaired) electrons. The molecule has 90 valence electrons. The molecule has 6 heteroatoms. The summed E-state index contributed by atoms with van der Waals surface area (Å²) in [5, 5.41) is 3.80. The summed E-state index contributed by atoms with van der Waals surface area (Å²) in [5.74, 6) is 0.625. The fourth-order valence-corrected chi connectivity index (χ4v) is 2.88. The van der Waals surface area contributed by atoms with E-state index in [0.717, 1.165) is 15.8 Å². The molecule has 2 heterocycles. The summed E-state index contributed by atoms with van der Waals surface area (Å²) in [4.78, 5) is 20.8. The second-order valence-electron chi connectivity index (χ2n) is 3.78. The lowest BCUT2D eigenvalue weighted by molar-refractivity contribution is -0.115. The van der Waals surface area contributed by atoms with E-state index >= 15 is 0 Å². The highest BCUT2D eigenvalue weighted by Gasteiger charge is 2.13. The molecule has 0 bridgehead atoms. The predicted octanol–water partition coefficient (Wildman–Crippen LogP) is 3.32. The molecule has 2 rings (SSSR count). The largest absolute Gasteiger partial charge is 0.316 e. The molecule has 0 unspecified atom stereocenters. The van der Waals surface area contributed by atoms with Gasteiger partial charge in [-0.25, -0.2) is 4.98 Å². The van der Waals surface area contributed by atoms with Crippen molar-refractivity contribution < 1.29 is 4.79 Å². The van der Waals surface area contributed by atoms with Gasteiger partial charge in [-0.05, 0) is 31.6 Å². The molecule has 17 heavy (non-hydrogen) atoms. The lowest BCUT2D eigenvalue weighted by Gasteiger charge is -2.05. The van der Waals surface area contributed by atoms with Crippen molar-refractivity contribution >= 4 is 45.5 Å². The van der Waals surface area contributed by atoms with Crippen molar-refractivity contribution in [2.24, 2.45) is 0 Å². The van der Waals surface area contributed by atoms with Crippen LogP contribution >= 0.6 is 23.6 Å². The fourth-order valence-electron chi connectivity index (χ4n) is 1.59. The number of H-pyrrole nitrogens is 1. The minimum absolute atomic E-state index is 0.0357. The second-order valence-corrected chi connectivity index (χ2v) is 5.37. The number of hydrogen-bond donors (Lipinski definition) is 2. The van der Waals surface area contributed by atoms with Gasteiger partial charge in [0, 0.05) is 11.3 Å². The second kappa shape index (κ2) is 4.54. The van der Waals surface area contributed by atoms with Crippen LogP contribution in [-0.2, 0) is 4.79 Å². The molecule has 0 spiro atoms. The number of aromatic nitrogens is 2. The monoisotopic (exact) mass is 267 g/mol. The van der Waals surface area contributed by atoms with E-state index in [1.54, 1.807) is 11.3 Å². The summed E-state index contributed by atoms with van der Waals surface area (Å²) in [6.07, 6.45) is 0.437. The average Bonchev–Trinajstić information content (AvgIpc) is 2.54. The van der Waals surface area contributed by atoms with Crippen molar-refractivity contribution in [3.05, 3.63) is 15.2 Å². The number of aromatic amines is 1. The third-order valence-corrected chi connectivity index (χ3v) is 3.93. The Morgan fingerprint density at radius 1 is 1.53 bits per heavy atom. The maximum atomic E-state index is 11.5. The molecular formula is C11H13N3OS2. The molecule has 0 aliphatic heterocycles. The summed E-state index contributed by atoms with van der Waals surface area (Å²) in [7, 11) is 0. The molecule has 0 saturated heterocycles. The first-order valence-electron chi connectivity index (χ1n) is 5.32. The highest BCUT2D eigenvalue weighted by Crippen LogP contribution is 2.32. The summed E-state index contributed by atoms with van der Waals surface area (Å²) < 4.78 is 0.394. The number of carbonyl (C=O) groups excluding carboxylic acids is 1. The van der Waals surface area contributed by atoms with E-state index in [1.165, 1.54) is 4.88 Å². The molecule has 0 aliphatic carbocycles. The van der Waals surface area contributed by atoms with Crippen molar-refractivity contribution in [3.8, 4) is 0 Å². The Kier molecular flexibility index (Phi) is 3.26. The molecule has 0 aromatic carbocycles. The summed E-state index contributed by atoms with van der Waals surface area (Å²) in [6, 6.07) is 0. The minimum atomic E-state index is -0.0357. The zero-order valence-corrected chi connectivity index (χ0v) is 11.5. The van der Waals surface area contributed by atoms with Gasteiger partial charge in [0.2, 0.25) is 5.91 Å². The predicted molar refractivity (Wildman–Crippen MR) is 73.2 cm³/mol. The van der Waals surface area contributed by atoms with Gasteiger partial charge in [0.25, 0.3) is 0 Å². The number of fused-ring (bicyclic) bond motifs is 1. The lowest BCUT2D eigenvalue weighted by Crippen LogP contribution is -2.11. The Hall–Kier alpha value is -1.27. The van der Waals surface area contributed by atoms with Crippen LogP contribution in [0.2, 0.25) is 0 Å². The van der Waals surface area contributed by atoms with Crippen molar-refractivity contribution in [3.63, 3.8) is 0 Å². The molecule has 2 N–H and O–H groups in total. The Morgan fingerprint density at radius 3 is 2.88 bits per heavy atom. The number of rotatable bonds is 2. The third-order valence-electron chi connectivity index (χ3n) is 2.64. The molecule has 2 aromatic rings. The van der Waals surface area contributed by atoms with Crippen LogP contribution in [0, 0.1) is 18.6 Å². The zero-order valence-electron chi connectivity index (χ0n) is 9.88. The number of nitrogens with one attached hydrogen (secondary N) is 2. The Balaban J connectivity index is 2.68. The number of amides is 1. The van der Waals surface area contributed by atoms with E-state index in [0.29, 0.717) is 17.0 Å². The number of nitrogens with zero attached hydrogens (tertiary/aromatic N) is 1. The van der Waals surface area contributed by atoms with Crippen LogP contribution in [0.4, 0.5) is 5.82 Å². The van der Waals surface area contributed by atoms with Crippen molar-refractivity contribution in [2.45, 2.75) is 27.2 Å². The molecule has 0 atom stereocenters. The first-order chi connectivity index (χ1) is 8.02. The maximum Gasteiger partial charge on any atom is 0.225 e. The lowest BCUT2D eigenvalue weighted by atomic mass is 10.2. The smallest absolute Gasteiger partial charge is 0.225 e. The highest BCUT2D eigenvalue weighted by atomic mass is 32.1. The number of hydrogen-bond acceptors (Lipinski definition) is 4. The van der Waals surface area contributed by atoms with Crippen molar-refractivity contribution in [1.82, 2.24) is 9.97 Å². The van der Waals surface area contributed by atoms with Crippen LogP contribution in [0.5, 0.6) is 0 Å². The van der Waals surface area contributed by atoms with Crippen LogP contribution in [0.15, 0.2) is 0 Å². The van der Waals surface area contributed by atoms with Gasteiger partial charge in [0.05, 0.1) is 5.39 Å². The standard InChI is InChI=1S/C11H13N3OS2/c1-4-7(15)12-9-8-5(2)6(3)17-10(8)14-11(16)13-9/h4H2,1-3H3,(H2,12,13,14,15,16). The molecule has 2 aromatic heterocycles. The van der Waals surface area contributed by atoms with Crippen molar-refractivity contribution in [1.29, 1.82) is 0 Å². The van der Waals surface area contributed by atoms with Gasteiger partial charge in [0.1, 0.15) is 10.6 Å². The molecule has 0 aliphatic rings. The average molecular weight is 267 g/mol. The van der Waals surface area contributed by atoms with Gasteiger partial charge in [0.15, 0.2) is 4.77 Å². The summed E-state index contributed by atoms with van der Waals surface area (Å²) in [5.41, 5.74) is 1.13. The van der Waals surface area contributed by atoms with Crippen LogP contribution in [-0.4, -0.2) is 15.9 Å². The fraction of sp³-hybridized carbons (Fsp3) is 0.364. The number of carbonyl (C=O) groups is 1. The first-order valence-corrected chi connectivity index (χ1v) is 6.55. The number of anilines is 1. The van der Waals surface area contributed by atoms with Gasteiger partial charge in [-0.1, -0.05) is 6.92 Å². The molecule has 0 fully saturated rings. The molecule has 0 saturated carbocycles. The molecule has 4 nitrogen and oxygen atoms in total. The maximum absolute atomic E-state index is 11.5. The van der Waals surface area contributed by atoms with Crippen molar-refractivity contribution in [2.75, 3.05) is 5.32 Å². The summed E-state index contributed by atoms with van der Waals surface area (Å²) in [6.45, 7) is 5.87. The van der Waals surface area contributed by atoms with Crippen LogP contribution < -0.4 is 5.32 Å². The minimum Gasteiger partial charge on any atom is -0.316 e. The van der Waals surface area contributed by atoms with Crippen LogP contribution in [0.25, 0.3) is 10.2 Å². The van der Waals surface area contributed by atoms with E-state index in [4.69, 9.17) is 12.2 Å². The van der Waals surface area contributed by atoms with Gasteiger partial charge < -0.3 is 10.3 Å². The van der Waals surface area contributed by atoms with E-state index in [2.05, 4.69) is 15.3 Å². The Morgan fingerprint density at radius 2 is 2.24 bits per heavy atom. The van der Waals surface area contributed by atoms with E-state index in [9.17, 15) is 4.79 Å². The zero-order chi connectivity index (χ0) is 12.6. The quantitative estimate of drug-likeness (QED) is 0.821. The van der Waals surface area contributed by atoms with E-state index in [1.807, 2.05) is 20.8 Å². The van der Waals surface area contributed by atoms with E-state index < -0.39 is 0 Å². The SMILES string of the molecule is CCC(=O)Nc1[nH]c(=S)nc2sc(C)c(C)c12. The highest BCUT2D eigenvalue weighted by molar-refractivity contribution is 7.71. The molecular weight excluding hydrogens is 254 g/mol. The van der Waals surface area contributed by atoms with Crippen LogP contribution in [0.1, 0.15) is 23.8 Å². The van der Waals surface area contributed by atoms with E-state index in [-0.39, 0.29) is 5.91 Å². The first kappa shape index (κ1) is 12.2. The third kappa shape index (κ3) is 2.23. The van der Waals surface area contributed by atoms with Gasteiger partial charge in [-0.2, -0.15) is 0 Å². The topological polar surface area (TPSA) is 57.8 Å². The van der Waals surface area contributed by atoms with Gasteiger partial charge in [-0.15, -0.1) is 11.3 Å². The molecule has 1 amide bonds. The summed E-state index contributed by atoms with van der Waals surface area (Å²) >= 11 is 6.65. The van der Waals surface area contributed by atoms with Gasteiger partial charge >= 0.3 is 0 Å². The number of thiophene rings is 1. The Bertz CT molecular complexity index is 642. The van der Waals surface area contributed by atoms with Crippen LogP contribution in [0.3, 0.4) is 0 Å².